The predicted octanol–water partition coefficient (Wildman–Crippen LogP) is 2.17. The average Bonchev–Trinajstić information content (AvgIpc) is 2.87. The Morgan fingerprint density at radius 2 is 2.10 bits per heavy atom. The SMILES string of the molecule is COC[C@H](O)CN(C)Cc1csc(Cc2ccccc2)n1. The number of likely N-dealkylation sites (N-methyl/N-ethyl adjacent to an activating group) is 1. The molecule has 0 spiro atoms. The summed E-state index contributed by atoms with van der Waals surface area (Å²) < 4.78 is 4.93. The second kappa shape index (κ2) is 8.24. The van der Waals surface area contributed by atoms with Gasteiger partial charge in [0.25, 0.3) is 0 Å². The van der Waals surface area contributed by atoms with Gasteiger partial charge in [-0.1, -0.05) is 30.3 Å². The van der Waals surface area contributed by atoms with Crippen LogP contribution in [0.3, 0.4) is 0 Å². The van der Waals surface area contributed by atoms with Crippen molar-refractivity contribution >= 4 is 11.3 Å². The molecule has 0 radical (unpaired) electrons. The summed E-state index contributed by atoms with van der Waals surface area (Å²) in [5.74, 6) is 0. The Morgan fingerprint density at radius 3 is 2.81 bits per heavy atom. The van der Waals surface area contributed by atoms with E-state index in [1.807, 2.05) is 13.1 Å². The molecule has 0 fully saturated rings. The van der Waals surface area contributed by atoms with Gasteiger partial charge in [-0.05, 0) is 12.6 Å². The minimum Gasteiger partial charge on any atom is -0.389 e. The van der Waals surface area contributed by atoms with E-state index in [1.54, 1.807) is 18.4 Å². The van der Waals surface area contributed by atoms with Crippen LogP contribution in [0.15, 0.2) is 35.7 Å². The van der Waals surface area contributed by atoms with Gasteiger partial charge in [0.2, 0.25) is 0 Å². The van der Waals surface area contributed by atoms with Crippen LogP contribution in [0.2, 0.25) is 0 Å². The number of methoxy groups -OCH3 is 1. The standard InChI is InChI=1S/C16H22N2O2S/c1-18(10-15(19)11-20-2)9-14-12-21-16(17-14)8-13-6-4-3-5-7-13/h3-7,12,15,19H,8-11H2,1-2H3/t15-/m1/s1. The van der Waals surface area contributed by atoms with Gasteiger partial charge >= 0.3 is 0 Å². The lowest BCUT2D eigenvalue weighted by Gasteiger charge is -2.18. The predicted molar refractivity (Wildman–Crippen MR) is 85.6 cm³/mol. The lowest BCUT2D eigenvalue weighted by molar-refractivity contribution is 0.0417. The molecule has 1 atom stereocenters. The number of aliphatic hydroxyl groups excluding tert-OH is 1. The van der Waals surface area contributed by atoms with Crippen molar-refractivity contribution in [3.05, 3.63) is 52.0 Å². The van der Waals surface area contributed by atoms with Crippen LogP contribution in [0.5, 0.6) is 0 Å². The van der Waals surface area contributed by atoms with Gasteiger partial charge in [-0.25, -0.2) is 4.98 Å². The van der Waals surface area contributed by atoms with Gasteiger partial charge < -0.3 is 9.84 Å². The molecule has 114 valence electrons. The van der Waals surface area contributed by atoms with Crippen LogP contribution < -0.4 is 0 Å². The molecule has 1 N–H and O–H groups in total. The van der Waals surface area contributed by atoms with Gasteiger partial charge in [0.15, 0.2) is 0 Å². The third-order valence-electron chi connectivity index (χ3n) is 3.11. The number of hydrogen-bond donors (Lipinski definition) is 1. The fraction of sp³-hybridized carbons (Fsp3) is 0.438. The molecule has 0 aliphatic carbocycles. The summed E-state index contributed by atoms with van der Waals surface area (Å²) in [5.41, 5.74) is 2.33. The van der Waals surface area contributed by atoms with Crippen molar-refractivity contribution in [3.63, 3.8) is 0 Å². The quantitative estimate of drug-likeness (QED) is 0.812. The number of nitrogens with zero attached hydrogens (tertiary/aromatic N) is 2. The third kappa shape index (κ3) is 5.55. The zero-order valence-electron chi connectivity index (χ0n) is 12.5. The molecule has 1 aromatic carbocycles. The number of rotatable bonds is 8. The number of aliphatic hydroxyl groups is 1. The van der Waals surface area contributed by atoms with Crippen molar-refractivity contribution in [3.8, 4) is 0 Å². The van der Waals surface area contributed by atoms with Crippen molar-refractivity contribution in [2.45, 2.75) is 19.1 Å². The number of ether oxygens (including phenoxy) is 1. The zero-order chi connectivity index (χ0) is 15.1. The molecule has 0 aliphatic heterocycles. The van der Waals surface area contributed by atoms with E-state index in [-0.39, 0.29) is 0 Å². The fourth-order valence-corrected chi connectivity index (χ4v) is 3.04. The highest BCUT2D eigenvalue weighted by molar-refractivity contribution is 7.09. The number of aromatic nitrogens is 1. The van der Waals surface area contributed by atoms with Gasteiger partial charge in [-0.15, -0.1) is 11.3 Å². The lowest BCUT2D eigenvalue weighted by atomic mass is 10.2. The Morgan fingerprint density at radius 1 is 1.33 bits per heavy atom. The van der Waals surface area contributed by atoms with E-state index < -0.39 is 6.10 Å². The number of benzene rings is 1. The van der Waals surface area contributed by atoms with Crippen LogP contribution in [-0.2, 0) is 17.7 Å². The molecular weight excluding hydrogens is 284 g/mol. The zero-order valence-corrected chi connectivity index (χ0v) is 13.3. The molecule has 1 heterocycles. The molecular formula is C16H22N2O2S. The van der Waals surface area contributed by atoms with Crippen molar-refractivity contribution < 1.29 is 9.84 Å². The Hall–Kier alpha value is -1.27. The van der Waals surface area contributed by atoms with Gasteiger partial charge in [0.1, 0.15) is 0 Å². The third-order valence-corrected chi connectivity index (χ3v) is 4.01. The van der Waals surface area contributed by atoms with E-state index >= 15 is 0 Å². The molecule has 0 amide bonds. The monoisotopic (exact) mass is 306 g/mol. The Balaban J connectivity index is 1.85. The fourth-order valence-electron chi connectivity index (χ4n) is 2.22. The Labute approximate surface area is 130 Å². The second-order valence-corrected chi connectivity index (χ2v) is 6.14. The van der Waals surface area contributed by atoms with Gasteiger partial charge in [-0.2, -0.15) is 0 Å². The smallest absolute Gasteiger partial charge is 0.0972 e. The Kier molecular flexibility index (Phi) is 6.32. The topological polar surface area (TPSA) is 45.6 Å². The Bertz CT molecular complexity index is 530. The van der Waals surface area contributed by atoms with Crippen LogP contribution >= 0.6 is 11.3 Å². The van der Waals surface area contributed by atoms with E-state index in [9.17, 15) is 5.11 Å². The van der Waals surface area contributed by atoms with Crippen molar-refractivity contribution in [1.29, 1.82) is 0 Å². The van der Waals surface area contributed by atoms with E-state index in [0.29, 0.717) is 13.2 Å². The first-order chi connectivity index (χ1) is 10.2. The summed E-state index contributed by atoms with van der Waals surface area (Å²) in [6.07, 6.45) is 0.420. The maximum absolute atomic E-state index is 9.71. The molecule has 4 nitrogen and oxygen atoms in total. The molecule has 0 saturated heterocycles. The maximum Gasteiger partial charge on any atom is 0.0972 e. The maximum atomic E-state index is 9.71. The molecule has 5 heteroatoms. The van der Waals surface area contributed by atoms with Crippen LogP contribution in [0.1, 0.15) is 16.3 Å². The highest BCUT2D eigenvalue weighted by Gasteiger charge is 2.10. The summed E-state index contributed by atoms with van der Waals surface area (Å²) in [6, 6.07) is 10.4. The molecule has 0 aliphatic rings. The van der Waals surface area contributed by atoms with Crippen molar-refractivity contribution in [2.24, 2.45) is 0 Å². The molecule has 2 rings (SSSR count). The van der Waals surface area contributed by atoms with Gasteiger partial charge in [0, 0.05) is 32.0 Å². The summed E-state index contributed by atoms with van der Waals surface area (Å²) in [5, 5.41) is 12.9. The van der Waals surface area contributed by atoms with Crippen LogP contribution in [-0.4, -0.2) is 48.4 Å². The molecule has 0 saturated carbocycles. The first kappa shape index (κ1) is 16.1. The first-order valence-electron chi connectivity index (χ1n) is 7.00. The summed E-state index contributed by atoms with van der Waals surface area (Å²) in [6.45, 7) is 1.69. The average molecular weight is 306 g/mol. The van der Waals surface area contributed by atoms with Gasteiger partial charge in [0.05, 0.1) is 23.4 Å². The highest BCUT2D eigenvalue weighted by atomic mass is 32.1. The molecule has 0 unspecified atom stereocenters. The molecule has 2 aromatic rings. The van der Waals surface area contributed by atoms with E-state index in [1.165, 1.54) is 5.56 Å². The number of thiazole rings is 1. The van der Waals surface area contributed by atoms with Crippen LogP contribution in [0.25, 0.3) is 0 Å². The van der Waals surface area contributed by atoms with E-state index in [2.05, 4.69) is 39.5 Å². The van der Waals surface area contributed by atoms with Crippen LogP contribution in [0, 0.1) is 0 Å². The number of hydrogen-bond acceptors (Lipinski definition) is 5. The first-order valence-corrected chi connectivity index (χ1v) is 7.88. The minimum absolute atomic E-state index is 0.362. The summed E-state index contributed by atoms with van der Waals surface area (Å²) in [4.78, 5) is 6.72. The lowest BCUT2D eigenvalue weighted by Crippen LogP contribution is -2.31. The van der Waals surface area contributed by atoms with Gasteiger partial charge in [-0.3, -0.25) is 4.90 Å². The van der Waals surface area contributed by atoms with E-state index in [4.69, 9.17) is 4.74 Å². The van der Waals surface area contributed by atoms with Crippen molar-refractivity contribution in [2.75, 3.05) is 27.3 Å². The molecule has 0 bridgehead atoms. The normalized spacial score (nSPS) is 12.8. The van der Waals surface area contributed by atoms with Crippen molar-refractivity contribution in [1.82, 2.24) is 9.88 Å². The second-order valence-electron chi connectivity index (χ2n) is 5.20. The highest BCUT2D eigenvalue weighted by Crippen LogP contribution is 2.15. The largest absolute Gasteiger partial charge is 0.389 e. The van der Waals surface area contributed by atoms with Crippen LogP contribution in [0.4, 0.5) is 0 Å². The van der Waals surface area contributed by atoms with E-state index in [0.717, 1.165) is 23.7 Å². The molecule has 21 heavy (non-hydrogen) atoms. The minimum atomic E-state index is -0.456. The summed E-state index contributed by atoms with van der Waals surface area (Å²) >= 11 is 1.69. The summed E-state index contributed by atoms with van der Waals surface area (Å²) in [7, 11) is 3.58. The molecule has 1 aromatic heterocycles.